The summed E-state index contributed by atoms with van der Waals surface area (Å²) in [5, 5.41) is 9.57. The van der Waals surface area contributed by atoms with Gasteiger partial charge in [-0.15, -0.1) is 0 Å². The van der Waals surface area contributed by atoms with E-state index >= 15 is 0 Å². The predicted octanol–water partition coefficient (Wildman–Crippen LogP) is 3.80. The molecule has 0 bridgehead atoms. The van der Waals surface area contributed by atoms with Crippen LogP contribution in [-0.2, 0) is 4.74 Å². The first-order valence-electron chi connectivity index (χ1n) is 6.16. The summed E-state index contributed by atoms with van der Waals surface area (Å²) >= 11 is 5.97. The van der Waals surface area contributed by atoms with E-state index in [2.05, 4.69) is 4.74 Å². The number of aryl methyl sites for hydroxylation is 1. The van der Waals surface area contributed by atoms with Gasteiger partial charge >= 0.3 is 11.9 Å². The Morgan fingerprint density at radius 3 is 2.43 bits per heavy atom. The molecule has 5 heteroatoms. The molecule has 0 fully saturated rings. The van der Waals surface area contributed by atoms with E-state index in [9.17, 15) is 14.7 Å². The zero-order valence-electron chi connectivity index (χ0n) is 11.5. The number of methoxy groups -OCH3 is 1. The van der Waals surface area contributed by atoms with Crippen molar-refractivity contribution in [3.05, 3.63) is 58.1 Å². The molecule has 108 valence electrons. The lowest BCUT2D eigenvalue weighted by atomic mass is 9.96. The lowest BCUT2D eigenvalue weighted by molar-refractivity contribution is 0.0600. The van der Waals surface area contributed by atoms with E-state index in [0.717, 1.165) is 5.56 Å². The standard InChI is InChI=1S/C16H13ClO4/c1-9-3-5-11(12(7-9)15(18)19)10-4-6-14(17)13(8-10)16(20)21-2/h3-8H,1-2H3,(H,18,19). The van der Waals surface area contributed by atoms with Crippen LogP contribution < -0.4 is 0 Å². The average Bonchev–Trinajstić information content (AvgIpc) is 2.47. The van der Waals surface area contributed by atoms with Crippen molar-refractivity contribution in [2.75, 3.05) is 7.11 Å². The molecule has 0 aliphatic carbocycles. The van der Waals surface area contributed by atoms with E-state index < -0.39 is 11.9 Å². The summed E-state index contributed by atoms with van der Waals surface area (Å²) < 4.78 is 4.67. The van der Waals surface area contributed by atoms with Gasteiger partial charge in [-0.3, -0.25) is 0 Å². The summed E-state index contributed by atoms with van der Waals surface area (Å²) in [6.45, 7) is 1.82. The van der Waals surface area contributed by atoms with Gasteiger partial charge in [0, 0.05) is 0 Å². The van der Waals surface area contributed by atoms with Gasteiger partial charge in [-0.05, 0) is 36.2 Å². The van der Waals surface area contributed by atoms with Gasteiger partial charge < -0.3 is 9.84 Å². The molecule has 21 heavy (non-hydrogen) atoms. The van der Waals surface area contributed by atoms with Crippen LogP contribution in [0.4, 0.5) is 0 Å². The molecule has 0 amide bonds. The monoisotopic (exact) mass is 304 g/mol. The van der Waals surface area contributed by atoms with Gasteiger partial charge in [-0.2, -0.15) is 0 Å². The van der Waals surface area contributed by atoms with Gasteiger partial charge in [-0.1, -0.05) is 35.4 Å². The molecular weight excluding hydrogens is 292 g/mol. The molecule has 0 radical (unpaired) electrons. The minimum absolute atomic E-state index is 0.174. The Labute approximate surface area is 126 Å². The van der Waals surface area contributed by atoms with E-state index in [1.807, 2.05) is 13.0 Å². The first-order chi connectivity index (χ1) is 9.93. The first-order valence-corrected chi connectivity index (χ1v) is 6.54. The van der Waals surface area contributed by atoms with Gasteiger partial charge in [-0.25, -0.2) is 9.59 Å². The van der Waals surface area contributed by atoms with Crippen LogP contribution in [0.1, 0.15) is 26.3 Å². The SMILES string of the molecule is COC(=O)c1cc(-c2ccc(C)cc2C(=O)O)ccc1Cl. The minimum Gasteiger partial charge on any atom is -0.478 e. The van der Waals surface area contributed by atoms with E-state index in [4.69, 9.17) is 11.6 Å². The summed E-state index contributed by atoms with van der Waals surface area (Å²) in [5.41, 5.74) is 2.34. The van der Waals surface area contributed by atoms with Crippen molar-refractivity contribution in [1.29, 1.82) is 0 Å². The number of carbonyl (C=O) groups is 2. The Balaban J connectivity index is 2.63. The fourth-order valence-electron chi connectivity index (χ4n) is 2.05. The normalized spacial score (nSPS) is 10.2. The number of hydrogen-bond acceptors (Lipinski definition) is 3. The van der Waals surface area contributed by atoms with Crippen LogP contribution in [0.2, 0.25) is 5.02 Å². The largest absolute Gasteiger partial charge is 0.478 e. The molecule has 1 N–H and O–H groups in total. The number of halogens is 1. The molecule has 0 saturated carbocycles. The highest BCUT2D eigenvalue weighted by Crippen LogP contribution is 2.29. The van der Waals surface area contributed by atoms with Crippen LogP contribution in [0.25, 0.3) is 11.1 Å². The van der Waals surface area contributed by atoms with Crippen LogP contribution in [-0.4, -0.2) is 24.2 Å². The van der Waals surface area contributed by atoms with Crippen molar-refractivity contribution in [2.24, 2.45) is 0 Å². The lowest BCUT2D eigenvalue weighted by Crippen LogP contribution is -2.04. The average molecular weight is 305 g/mol. The number of rotatable bonds is 3. The maximum Gasteiger partial charge on any atom is 0.339 e. The van der Waals surface area contributed by atoms with Crippen molar-refractivity contribution in [3.63, 3.8) is 0 Å². The Morgan fingerprint density at radius 2 is 1.81 bits per heavy atom. The second kappa shape index (κ2) is 5.97. The highest BCUT2D eigenvalue weighted by molar-refractivity contribution is 6.33. The smallest absolute Gasteiger partial charge is 0.339 e. The summed E-state index contributed by atoms with van der Waals surface area (Å²) in [6, 6.07) is 9.87. The van der Waals surface area contributed by atoms with Crippen LogP contribution in [0.15, 0.2) is 36.4 Å². The number of carboxylic acids is 1. The number of ether oxygens (including phenoxy) is 1. The zero-order chi connectivity index (χ0) is 15.6. The third kappa shape index (κ3) is 3.06. The second-order valence-electron chi connectivity index (χ2n) is 4.54. The van der Waals surface area contributed by atoms with Crippen molar-refractivity contribution in [3.8, 4) is 11.1 Å². The summed E-state index contributed by atoms with van der Waals surface area (Å²) in [6.07, 6.45) is 0. The Kier molecular flexibility index (Phi) is 4.29. The Morgan fingerprint density at radius 1 is 1.10 bits per heavy atom. The van der Waals surface area contributed by atoms with Crippen LogP contribution in [0.3, 0.4) is 0 Å². The number of carbonyl (C=O) groups excluding carboxylic acids is 1. The molecular formula is C16H13ClO4. The molecule has 2 rings (SSSR count). The zero-order valence-corrected chi connectivity index (χ0v) is 12.3. The molecule has 2 aromatic carbocycles. The third-order valence-corrected chi connectivity index (χ3v) is 3.42. The molecule has 2 aromatic rings. The van der Waals surface area contributed by atoms with Crippen molar-refractivity contribution < 1.29 is 19.4 Å². The number of esters is 1. The highest BCUT2D eigenvalue weighted by atomic mass is 35.5. The fraction of sp³-hybridized carbons (Fsp3) is 0.125. The van der Waals surface area contributed by atoms with E-state index in [0.29, 0.717) is 11.1 Å². The predicted molar refractivity (Wildman–Crippen MR) is 79.9 cm³/mol. The van der Waals surface area contributed by atoms with Gasteiger partial charge in [0.15, 0.2) is 0 Å². The van der Waals surface area contributed by atoms with Crippen LogP contribution in [0, 0.1) is 6.92 Å². The highest BCUT2D eigenvalue weighted by Gasteiger charge is 2.16. The fourth-order valence-corrected chi connectivity index (χ4v) is 2.24. The molecule has 0 aliphatic heterocycles. The summed E-state index contributed by atoms with van der Waals surface area (Å²) in [7, 11) is 1.26. The topological polar surface area (TPSA) is 63.6 Å². The first kappa shape index (κ1) is 15.1. The van der Waals surface area contributed by atoms with Crippen molar-refractivity contribution in [2.45, 2.75) is 6.92 Å². The molecule has 0 aromatic heterocycles. The van der Waals surface area contributed by atoms with Crippen LogP contribution >= 0.6 is 11.6 Å². The number of benzene rings is 2. The molecule has 4 nitrogen and oxygen atoms in total. The Hall–Kier alpha value is -2.33. The van der Waals surface area contributed by atoms with E-state index in [-0.39, 0.29) is 16.1 Å². The molecule has 0 atom stereocenters. The number of carboxylic acid groups (broad SMARTS) is 1. The quantitative estimate of drug-likeness (QED) is 0.876. The van der Waals surface area contributed by atoms with Crippen molar-refractivity contribution in [1.82, 2.24) is 0 Å². The summed E-state index contributed by atoms with van der Waals surface area (Å²) in [5.74, 6) is -1.59. The lowest BCUT2D eigenvalue weighted by Gasteiger charge is -2.10. The molecule has 0 heterocycles. The maximum absolute atomic E-state index is 11.7. The number of hydrogen-bond donors (Lipinski definition) is 1. The number of aromatic carboxylic acids is 1. The van der Waals surface area contributed by atoms with E-state index in [1.165, 1.54) is 13.2 Å². The van der Waals surface area contributed by atoms with Crippen molar-refractivity contribution >= 4 is 23.5 Å². The summed E-state index contributed by atoms with van der Waals surface area (Å²) in [4.78, 5) is 23.0. The van der Waals surface area contributed by atoms with Crippen LogP contribution in [0.5, 0.6) is 0 Å². The van der Waals surface area contributed by atoms with Gasteiger partial charge in [0.25, 0.3) is 0 Å². The molecule has 0 spiro atoms. The van der Waals surface area contributed by atoms with Gasteiger partial charge in [0.1, 0.15) is 0 Å². The Bertz CT molecular complexity index is 722. The molecule has 0 aliphatic rings. The molecule has 0 saturated heterocycles. The minimum atomic E-state index is -1.02. The maximum atomic E-state index is 11.7. The van der Waals surface area contributed by atoms with E-state index in [1.54, 1.807) is 24.3 Å². The third-order valence-electron chi connectivity index (χ3n) is 3.09. The van der Waals surface area contributed by atoms with Gasteiger partial charge in [0.2, 0.25) is 0 Å². The van der Waals surface area contributed by atoms with Gasteiger partial charge in [0.05, 0.1) is 23.3 Å². The molecule has 0 unspecified atom stereocenters. The second-order valence-corrected chi connectivity index (χ2v) is 4.95.